The van der Waals surface area contributed by atoms with Crippen LogP contribution < -0.4 is 5.73 Å². The standard InChI is InChI=1S/C16H16FNO/c1-11-7-13(5-6-15(11)17)16(9-19-10-16)12-3-2-4-14(18)8-12/h2-8H,9-10,18H2,1H3. The summed E-state index contributed by atoms with van der Waals surface area (Å²) in [5.41, 5.74) is 9.29. The van der Waals surface area contributed by atoms with Crippen LogP contribution >= 0.6 is 0 Å². The van der Waals surface area contributed by atoms with Crippen LogP contribution in [-0.4, -0.2) is 13.2 Å². The van der Waals surface area contributed by atoms with Crippen molar-refractivity contribution in [1.29, 1.82) is 0 Å². The lowest BCUT2D eigenvalue weighted by Crippen LogP contribution is -2.47. The Morgan fingerprint density at radius 1 is 1.11 bits per heavy atom. The summed E-state index contributed by atoms with van der Waals surface area (Å²) in [5.74, 6) is -0.174. The highest BCUT2D eigenvalue weighted by Crippen LogP contribution is 2.40. The molecule has 1 saturated heterocycles. The molecule has 0 spiro atoms. The van der Waals surface area contributed by atoms with E-state index >= 15 is 0 Å². The molecular weight excluding hydrogens is 241 g/mol. The van der Waals surface area contributed by atoms with Crippen molar-refractivity contribution in [3.8, 4) is 0 Å². The van der Waals surface area contributed by atoms with Gasteiger partial charge in [0.15, 0.2) is 0 Å². The molecule has 2 aromatic carbocycles. The molecule has 0 radical (unpaired) electrons. The molecule has 2 aromatic rings. The molecule has 0 atom stereocenters. The third-order valence-electron chi connectivity index (χ3n) is 3.85. The van der Waals surface area contributed by atoms with E-state index in [0.717, 1.165) is 16.8 Å². The smallest absolute Gasteiger partial charge is 0.126 e. The fourth-order valence-corrected chi connectivity index (χ4v) is 2.58. The van der Waals surface area contributed by atoms with Gasteiger partial charge in [0.2, 0.25) is 0 Å². The Kier molecular flexibility index (Phi) is 2.79. The molecule has 1 fully saturated rings. The highest BCUT2D eigenvalue weighted by molar-refractivity contribution is 5.49. The van der Waals surface area contributed by atoms with Crippen LogP contribution in [0.15, 0.2) is 42.5 Å². The van der Waals surface area contributed by atoms with Gasteiger partial charge in [-0.2, -0.15) is 0 Å². The molecular formula is C16H16FNO. The highest BCUT2D eigenvalue weighted by Gasteiger charge is 2.42. The van der Waals surface area contributed by atoms with Gasteiger partial charge >= 0.3 is 0 Å². The molecule has 98 valence electrons. The Balaban J connectivity index is 2.10. The molecule has 0 unspecified atom stereocenters. The Morgan fingerprint density at radius 3 is 2.42 bits per heavy atom. The number of rotatable bonds is 2. The summed E-state index contributed by atoms with van der Waals surface area (Å²) in [6.07, 6.45) is 0. The van der Waals surface area contributed by atoms with E-state index in [4.69, 9.17) is 10.5 Å². The predicted molar refractivity (Wildman–Crippen MR) is 73.6 cm³/mol. The van der Waals surface area contributed by atoms with Gasteiger partial charge < -0.3 is 10.5 Å². The van der Waals surface area contributed by atoms with Crippen LogP contribution in [0.2, 0.25) is 0 Å². The van der Waals surface area contributed by atoms with Gasteiger partial charge in [-0.25, -0.2) is 4.39 Å². The van der Waals surface area contributed by atoms with Crippen molar-refractivity contribution in [3.63, 3.8) is 0 Å². The van der Waals surface area contributed by atoms with Gasteiger partial charge in [0.1, 0.15) is 5.82 Å². The monoisotopic (exact) mass is 257 g/mol. The quantitative estimate of drug-likeness (QED) is 0.839. The van der Waals surface area contributed by atoms with Crippen LogP contribution in [0.25, 0.3) is 0 Å². The van der Waals surface area contributed by atoms with Crippen LogP contribution in [0.1, 0.15) is 16.7 Å². The summed E-state index contributed by atoms with van der Waals surface area (Å²) in [7, 11) is 0. The summed E-state index contributed by atoms with van der Waals surface area (Å²) in [6, 6.07) is 13.1. The minimum absolute atomic E-state index is 0.174. The fourth-order valence-electron chi connectivity index (χ4n) is 2.58. The van der Waals surface area contributed by atoms with Gasteiger partial charge in [0.05, 0.1) is 18.6 Å². The van der Waals surface area contributed by atoms with Crippen LogP contribution in [0.4, 0.5) is 10.1 Å². The van der Waals surface area contributed by atoms with Crippen LogP contribution in [0.3, 0.4) is 0 Å². The minimum atomic E-state index is -0.187. The van der Waals surface area contributed by atoms with E-state index in [1.807, 2.05) is 30.3 Å². The van der Waals surface area contributed by atoms with Gasteiger partial charge in [-0.1, -0.05) is 24.3 Å². The molecule has 3 heteroatoms. The maximum absolute atomic E-state index is 13.4. The van der Waals surface area contributed by atoms with Gasteiger partial charge in [0.25, 0.3) is 0 Å². The van der Waals surface area contributed by atoms with Crippen molar-refractivity contribution >= 4 is 5.69 Å². The van der Waals surface area contributed by atoms with E-state index in [2.05, 4.69) is 6.07 Å². The van der Waals surface area contributed by atoms with Gasteiger partial charge in [-0.3, -0.25) is 0 Å². The van der Waals surface area contributed by atoms with Crippen molar-refractivity contribution in [1.82, 2.24) is 0 Å². The number of hydrogen-bond acceptors (Lipinski definition) is 2. The average Bonchev–Trinajstić information content (AvgIpc) is 2.32. The Labute approximate surface area is 112 Å². The fraction of sp³-hybridized carbons (Fsp3) is 0.250. The van der Waals surface area contributed by atoms with Crippen LogP contribution in [0, 0.1) is 12.7 Å². The van der Waals surface area contributed by atoms with E-state index in [1.165, 1.54) is 6.07 Å². The van der Waals surface area contributed by atoms with Crippen LogP contribution in [-0.2, 0) is 10.2 Å². The van der Waals surface area contributed by atoms with Gasteiger partial charge in [-0.05, 0) is 41.8 Å². The van der Waals surface area contributed by atoms with Crippen molar-refractivity contribution in [2.45, 2.75) is 12.3 Å². The highest BCUT2D eigenvalue weighted by atomic mass is 19.1. The molecule has 0 bridgehead atoms. The maximum atomic E-state index is 13.4. The summed E-state index contributed by atoms with van der Waals surface area (Å²) in [5, 5.41) is 0. The topological polar surface area (TPSA) is 35.2 Å². The Morgan fingerprint density at radius 2 is 1.84 bits per heavy atom. The summed E-state index contributed by atoms with van der Waals surface area (Å²) >= 11 is 0. The second-order valence-electron chi connectivity index (χ2n) is 5.16. The van der Waals surface area contributed by atoms with Crippen LogP contribution in [0.5, 0.6) is 0 Å². The summed E-state index contributed by atoms with van der Waals surface area (Å²) in [4.78, 5) is 0. The Bertz CT molecular complexity index is 620. The lowest BCUT2D eigenvalue weighted by molar-refractivity contribution is -0.0380. The first-order valence-electron chi connectivity index (χ1n) is 6.32. The number of nitrogens with two attached hydrogens (primary N) is 1. The number of benzene rings is 2. The lowest BCUT2D eigenvalue weighted by Gasteiger charge is -2.42. The second-order valence-corrected chi connectivity index (χ2v) is 5.16. The summed E-state index contributed by atoms with van der Waals surface area (Å²) in [6.45, 7) is 3.01. The molecule has 2 nitrogen and oxygen atoms in total. The van der Waals surface area contributed by atoms with Crippen molar-refractivity contribution < 1.29 is 9.13 Å². The van der Waals surface area contributed by atoms with E-state index < -0.39 is 0 Å². The molecule has 0 saturated carbocycles. The zero-order chi connectivity index (χ0) is 13.5. The lowest BCUT2D eigenvalue weighted by atomic mass is 9.72. The second kappa shape index (κ2) is 4.35. The number of halogens is 1. The van der Waals surface area contributed by atoms with Crippen molar-refractivity contribution in [2.24, 2.45) is 0 Å². The zero-order valence-electron chi connectivity index (χ0n) is 10.8. The van der Waals surface area contributed by atoms with Crippen molar-refractivity contribution in [2.75, 3.05) is 18.9 Å². The molecule has 1 heterocycles. The molecule has 0 aromatic heterocycles. The van der Waals surface area contributed by atoms with E-state index in [-0.39, 0.29) is 11.2 Å². The molecule has 19 heavy (non-hydrogen) atoms. The molecule has 0 amide bonds. The third-order valence-corrected chi connectivity index (χ3v) is 3.85. The minimum Gasteiger partial charge on any atom is -0.399 e. The zero-order valence-corrected chi connectivity index (χ0v) is 10.8. The number of nitrogen functional groups attached to an aromatic ring is 1. The largest absolute Gasteiger partial charge is 0.399 e. The van der Waals surface area contributed by atoms with E-state index in [0.29, 0.717) is 18.8 Å². The van der Waals surface area contributed by atoms with E-state index in [9.17, 15) is 4.39 Å². The number of ether oxygens (including phenoxy) is 1. The molecule has 1 aliphatic heterocycles. The molecule has 0 aliphatic carbocycles. The molecule has 3 rings (SSSR count). The first-order chi connectivity index (χ1) is 9.12. The number of hydrogen-bond donors (Lipinski definition) is 1. The predicted octanol–water partition coefficient (Wildman–Crippen LogP) is 3.03. The maximum Gasteiger partial charge on any atom is 0.126 e. The molecule has 1 aliphatic rings. The average molecular weight is 257 g/mol. The van der Waals surface area contributed by atoms with E-state index in [1.54, 1.807) is 6.92 Å². The Hall–Kier alpha value is -1.87. The normalized spacial score (nSPS) is 16.9. The van der Waals surface area contributed by atoms with Gasteiger partial charge in [0, 0.05) is 5.69 Å². The van der Waals surface area contributed by atoms with Gasteiger partial charge in [-0.15, -0.1) is 0 Å². The third kappa shape index (κ3) is 1.90. The number of anilines is 1. The molecule has 2 N–H and O–H groups in total. The first kappa shape index (κ1) is 12.2. The summed E-state index contributed by atoms with van der Waals surface area (Å²) < 4.78 is 18.8. The van der Waals surface area contributed by atoms with Crippen molar-refractivity contribution in [3.05, 3.63) is 65.0 Å². The SMILES string of the molecule is Cc1cc(C2(c3cccc(N)c3)COC2)ccc1F. The number of aryl methyl sites for hydroxylation is 1. The first-order valence-corrected chi connectivity index (χ1v) is 6.32.